The third-order valence-electron chi connectivity index (χ3n) is 6.60. The first-order valence-corrected chi connectivity index (χ1v) is 14.0. The molecule has 0 saturated carbocycles. The molecule has 0 N–H and O–H groups in total. The Kier molecular flexibility index (Phi) is 16.7. The second kappa shape index (κ2) is 18.5. The van der Waals surface area contributed by atoms with E-state index in [4.69, 9.17) is 4.74 Å². The van der Waals surface area contributed by atoms with Crippen LogP contribution in [0.4, 0.5) is 26.3 Å². The van der Waals surface area contributed by atoms with Crippen molar-refractivity contribution in [3.63, 3.8) is 0 Å². The lowest BCUT2D eigenvalue weighted by molar-refractivity contribution is -0.141. The third kappa shape index (κ3) is 15.3. The highest BCUT2D eigenvalue weighted by atomic mass is 19.4. The number of carbonyl (C=O) groups is 1. The quantitative estimate of drug-likeness (QED) is 0.0937. The van der Waals surface area contributed by atoms with E-state index in [2.05, 4.69) is 6.92 Å². The molecule has 0 radical (unpaired) electrons. The first-order chi connectivity index (χ1) is 17.6. The monoisotopic (exact) mass is 538 g/mol. The molecule has 8 heteroatoms. The van der Waals surface area contributed by atoms with Crippen LogP contribution in [0.1, 0.15) is 144 Å². The maximum absolute atomic E-state index is 13.1. The number of unbranched alkanes of at least 4 members (excludes halogenated alkanes) is 17. The van der Waals surface area contributed by atoms with Gasteiger partial charge >= 0.3 is 18.3 Å². The van der Waals surface area contributed by atoms with Crippen molar-refractivity contribution in [2.24, 2.45) is 0 Å². The van der Waals surface area contributed by atoms with Crippen LogP contribution in [0.3, 0.4) is 0 Å². The van der Waals surface area contributed by atoms with Gasteiger partial charge in [-0.3, -0.25) is 0 Å². The van der Waals surface area contributed by atoms with Crippen molar-refractivity contribution < 1.29 is 35.9 Å². The molecule has 0 aliphatic rings. The van der Waals surface area contributed by atoms with E-state index < -0.39 is 35.0 Å². The van der Waals surface area contributed by atoms with Crippen molar-refractivity contribution in [2.45, 2.75) is 135 Å². The van der Waals surface area contributed by atoms with Crippen LogP contribution in [-0.2, 0) is 17.1 Å². The minimum Gasteiger partial charge on any atom is -0.462 e. The summed E-state index contributed by atoms with van der Waals surface area (Å²) in [6.45, 7) is 2.12. The van der Waals surface area contributed by atoms with Crippen molar-refractivity contribution in [3.05, 3.63) is 34.9 Å². The molecule has 2 nitrogen and oxygen atoms in total. The predicted octanol–water partition coefficient (Wildman–Crippen LogP) is 10.9. The van der Waals surface area contributed by atoms with Crippen LogP contribution in [0.5, 0.6) is 0 Å². The number of ether oxygens (including phenoxy) is 1. The molecule has 0 fully saturated rings. The SMILES string of the molecule is CCCCCCCCCCCCCCCCCCCCOC(=O)c1cc(C(F)(F)F)ccc1C(F)(F)F. The zero-order valence-electron chi connectivity index (χ0n) is 22.3. The van der Waals surface area contributed by atoms with Crippen LogP contribution in [0.25, 0.3) is 0 Å². The number of rotatable bonds is 20. The average molecular weight is 539 g/mol. The number of halogens is 6. The van der Waals surface area contributed by atoms with Gasteiger partial charge in [0.1, 0.15) is 0 Å². The van der Waals surface area contributed by atoms with E-state index in [-0.39, 0.29) is 18.7 Å². The molecule has 0 aliphatic heterocycles. The van der Waals surface area contributed by atoms with Gasteiger partial charge in [0.25, 0.3) is 0 Å². The minimum absolute atomic E-state index is 0.120. The summed E-state index contributed by atoms with van der Waals surface area (Å²) in [7, 11) is 0. The molecule has 0 aromatic heterocycles. The summed E-state index contributed by atoms with van der Waals surface area (Å²) < 4.78 is 82.8. The average Bonchev–Trinajstić information content (AvgIpc) is 2.83. The number of benzene rings is 1. The van der Waals surface area contributed by atoms with Crippen LogP contribution in [0.15, 0.2) is 18.2 Å². The van der Waals surface area contributed by atoms with Gasteiger partial charge < -0.3 is 4.74 Å². The minimum atomic E-state index is -4.95. The van der Waals surface area contributed by atoms with Gasteiger partial charge in [-0.15, -0.1) is 0 Å². The molecule has 0 aliphatic carbocycles. The topological polar surface area (TPSA) is 26.3 Å². The maximum Gasteiger partial charge on any atom is 0.417 e. The first-order valence-electron chi connectivity index (χ1n) is 14.0. The largest absolute Gasteiger partial charge is 0.462 e. The summed E-state index contributed by atoms with van der Waals surface area (Å²) in [4.78, 5) is 12.1. The molecule has 1 rings (SSSR count). The lowest BCUT2D eigenvalue weighted by Gasteiger charge is -2.15. The van der Waals surface area contributed by atoms with Crippen LogP contribution in [0, 0.1) is 0 Å². The van der Waals surface area contributed by atoms with Crippen LogP contribution < -0.4 is 0 Å². The summed E-state index contributed by atoms with van der Waals surface area (Å²) in [5.74, 6) is -1.38. The molecule has 0 amide bonds. The summed E-state index contributed by atoms with van der Waals surface area (Å²) in [6, 6.07) is 0.799. The van der Waals surface area contributed by atoms with Gasteiger partial charge in [0.15, 0.2) is 0 Å². The van der Waals surface area contributed by atoms with E-state index in [1.165, 1.54) is 83.5 Å². The maximum atomic E-state index is 13.1. The highest BCUT2D eigenvalue weighted by Crippen LogP contribution is 2.36. The number of esters is 1. The fraction of sp³-hybridized carbons (Fsp3) is 0.759. The van der Waals surface area contributed by atoms with Gasteiger partial charge in [0.2, 0.25) is 0 Å². The molecule has 0 heterocycles. The lowest BCUT2D eigenvalue weighted by Crippen LogP contribution is -2.17. The Hall–Kier alpha value is -1.73. The molecular weight excluding hydrogens is 494 g/mol. The fourth-order valence-electron chi connectivity index (χ4n) is 4.38. The molecule has 214 valence electrons. The van der Waals surface area contributed by atoms with Crippen molar-refractivity contribution >= 4 is 5.97 Å². The number of hydrogen-bond acceptors (Lipinski definition) is 2. The number of carbonyl (C=O) groups excluding carboxylic acids is 1. The van der Waals surface area contributed by atoms with E-state index >= 15 is 0 Å². The lowest BCUT2D eigenvalue weighted by atomic mass is 10.0. The Morgan fingerprint density at radius 2 is 1.03 bits per heavy atom. The predicted molar refractivity (Wildman–Crippen MR) is 136 cm³/mol. The highest BCUT2D eigenvalue weighted by Gasteiger charge is 2.39. The summed E-state index contributed by atoms with van der Waals surface area (Å²) >= 11 is 0. The normalized spacial score (nSPS) is 12.2. The third-order valence-corrected chi connectivity index (χ3v) is 6.60. The zero-order valence-corrected chi connectivity index (χ0v) is 22.3. The zero-order chi connectivity index (χ0) is 27.6. The Labute approximate surface area is 218 Å². The summed E-state index contributed by atoms with van der Waals surface area (Å²) in [6.07, 6.45) is 11.6. The van der Waals surface area contributed by atoms with Gasteiger partial charge in [0, 0.05) is 0 Å². The van der Waals surface area contributed by atoms with Gasteiger partial charge in [-0.1, -0.05) is 116 Å². The molecule has 37 heavy (non-hydrogen) atoms. The van der Waals surface area contributed by atoms with Crippen molar-refractivity contribution in [3.8, 4) is 0 Å². The van der Waals surface area contributed by atoms with Crippen molar-refractivity contribution in [2.75, 3.05) is 6.61 Å². The fourth-order valence-corrected chi connectivity index (χ4v) is 4.38. The number of alkyl halides is 6. The molecule has 1 aromatic rings. The summed E-state index contributed by atoms with van der Waals surface area (Å²) in [5.41, 5.74) is -3.85. The molecular formula is C29H44F6O2. The molecule has 0 atom stereocenters. The second-order valence-corrected chi connectivity index (χ2v) is 9.90. The Morgan fingerprint density at radius 3 is 1.41 bits per heavy atom. The Balaban J connectivity index is 2.09. The van der Waals surface area contributed by atoms with Crippen LogP contribution in [-0.4, -0.2) is 12.6 Å². The van der Waals surface area contributed by atoms with E-state index in [1.807, 2.05) is 0 Å². The Morgan fingerprint density at radius 1 is 0.622 bits per heavy atom. The highest BCUT2D eigenvalue weighted by molar-refractivity contribution is 5.91. The van der Waals surface area contributed by atoms with E-state index in [9.17, 15) is 31.1 Å². The summed E-state index contributed by atoms with van der Waals surface area (Å²) in [5, 5.41) is 0. The molecule has 0 spiro atoms. The molecule has 1 aromatic carbocycles. The van der Waals surface area contributed by atoms with Crippen LogP contribution >= 0.6 is 0 Å². The van der Waals surface area contributed by atoms with Crippen molar-refractivity contribution in [1.82, 2.24) is 0 Å². The number of hydrogen-bond donors (Lipinski definition) is 0. The second-order valence-electron chi connectivity index (χ2n) is 9.90. The molecule has 0 saturated heterocycles. The van der Waals surface area contributed by atoms with Crippen molar-refractivity contribution in [1.29, 1.82) is 0 Å². The Bertz CT molecular complexity index is 743. The smallest absolute Gasteiger partial charge is 0.417 e. The standard InChI is InChI=1S/C29H44F6O2/c1-2-3-4-5-6-7-8-9-10-11-12-13-14-15-16-17-18-19-22-37-27(36)25-23-24(28(30,31)32)20-21-26(25)29(33,34)35/h20-21,23H,2-19,22H2,1H3. The van der Waals surface area contributed by atoms with E-state index in [0.717, 1.165) is 25.7 Å². The van der Waals surface area contributed by atoms with Gasteiger partial charge in [-0.25, -0.2) is 4.79 Å². The van der Waals surface area contributed by atoms with Gasteiger partial charge in [0.05, 0.1) is 23.3 Å². The van der Waals surface area contributed by atoms with Gasteiger partial charge in [-0.05, 0) is 24.6 Å². The van der Waals surface area contributed by atoms with Gasteiger partial charge in [-0.2, -0.15) is 26.3 Å². The van der Waals surface area contributed by atoms with E-state index in [1.54, 1.807) is 0 Å². The first kappa shape index (κ1) is 33.3. The molecule has 0 bridgehead atoms. The van der Waals surface area contributed by atoms with Crippen LogP contribution in [0.2, 0.25) is 0 Å². The van der Waals surface area contributed by atoms with E-state index in [0.29, 0.717) is 12.5 Å². The molecule has 0 unspecified atom stereocenters.